The van der Waals surface area contributed by atoms with Crippen LogP contribution in [0.1, 0.15) is 33.3 Å². The lowest BCUT2D eigenvalue weighted by atomic mass is 9.85. The van der Waals surface area contributed by atoms with Crippen molar-refractivity contribution in [3.63, 3.8) is 0 Å². The van der Waals surface area contributed by atoms with Crippen LogP contribution in [0.3, 0.4) is 0 Å². The molecule has 0 fully saturated rings. The van der Waals surface area contributed by atoms with Crippen LogP contribution in [0.25, 0.3) is 17.0 Å². The van der Waals surface area contributed by atoms with Gasteiger partial charge in [-0.25, -0.2) is 0 Å². The molecule has 1 aromatic heterocycles. The monoisotopic (exact) mass is 335 g/mol. The van der Waals surface area contributed by atoms with Crippen LogP contribution < -0.4 is 0 Å². The highest BCUT2D eigenvalue weighted by Gasteiger charge is 2.15. The van der Waals surface area contributed by atoms with Gasteiger partial charge in [-0.1, -0.05) is 51.1 Å². The molecule has 0 amide bonds. The molecule has 0 saturated heterocycles. The normalized spacial score (nSPS) is 14.5. The SMILES string of the molecule is CC(O)C=C(C=CC(=O)C=Cc1cnc2ccccc2c1)C(C)(C)C. The summed E-state index contributed by atoms with van der Waals surface area (Å²) in [7, 11) is 0. The smallest absolute Gasteiger partial charge is 0.178 e. The van der Waals surface area contributed by atoms with Gasteiger partial charge in [0.15, 0.2) is 5.78 Å². The number of aromatic nitrogens is 1. The molecule has 1 heterocycles. The molecule has 0 aliphatic heterocycles. The molecule has 3 heteroatoms. The Morgan fingerprint density at radius 1 is 1.16 bits per heavy atom. The number of para-hydroxylation sites is 1. The molecule has 25 heavy (non-hydrogen) atoms. The van der Waals surface area contributed by atoms with Crippen molar-refractivity contribution in [3.8, 4) is 0 Å². The molecule has 1 unspecified atom stereocenters. The van der Waals surface area contributed by atoms with Gasteiger partial charge in [-0.05, 0) is 53.8 Å². The number of allylic oxidation sites excluding steroid dienone is 4. The fraction of sp³-hybridized carbons (Fsp3) is 0.273. The Morgan fingerprint density at radius 3 is 2.56 bits per heavy atom. The van der Waals surface area contributed by atoms with Crippen molar-refractivity contribution in [2.75, 3.05) is 0 Å². The second kappa shape index (κ2) is 8.04. The van der Waals surface area contributed by atoms with Gasteiger partial charge in [0.1, 0.15) is 0 Å². The molecule has 1 atom stereocenters. The van der Waals surface area contributed by atoms with Gasteiger partial charge < -0.3 is 5.11 Å². The van der Waals surface area contributed by atoms with Crippen molar-refractivity contribution in [3.05, 3.63) is 72.0 Å². The van der Waals surface area contributed by atoms with E-state index >= 15 is 0 Å². The van der Waals surface area contributed by atoms with Gasteiger partial charge >= 0.3 is 0 Å². The van der Waals surface area contributed by atoms with Crippen molar-refractivity contribution in [2.45, 2.75) is 33.8 Å². The number of hydrogen-bond acceptors (Lipinski definition) is 3. The lowest BCUT2D eigenvalue weighted by Gasteiger charge is -2.21. The molecule has 1 aromatic carbocycles. The largest absolute Gasteiger partial charge is 0.389 e. The number of ketones is 1. The first-order valence-corrected chi connectivity index (χ1v) is 8.41. The van der Waals surface area contributed by atoms with Crippen LogP contribution in [0.2, 0.25) is 0 Å². The number of pyridine rings is 1. The van der Waals surface area contributed by atoms with Crippen LogP contribution in [0, 0.1) is 5.41 Å². The third kappa shape index (κ3) is 5.80. The number of rotatable bonds is 5. The van der Waals surface area contributed by atoms with Crippen LogP contribution in [-0.4, -0.2) is 22.0 Å². The summed E-state index contributed by atoms with van der Waals surface area (Å²) in [5.74, 6) is -0.103. The Hall–Kier alpha value is -2.52. The molecule has 0 saturated carbocycles. The minimum atomic E-state index is -0.548. The average Bonchev–Trinajstić information content (AvgIpc) is 2.55. The lowest BCUT2D eigenvalue weighted by molar-refractivity contribution is -0.110. The number of hydrogen-bond donors (Lipinski definition) is 1. The van der Waals surface area contributed by atoms with Gasteiger partial charge in [0.2, 0.25) is 0 Å². The summed E-state index contributed by atoms with van der Waals surface area (Å²) in [4.78, 5) is 16.5. The molecule has 2 aromatic rings. The van der Waals surface area contributed by atoms with Gasteiger partial charge in [-0.15, -0.1) is 0 Å². The summed E-state index contributed by atoms with van der Waals surface area (Å²) in [6.45, 7) is 7.85. The molecular formula is C22H25NO2. The van der Waals surface area contributed by atoms with E-state index in [1.807, 2.05) is 51.1 Å². The second-order valence-corrected chi connectivity index (χ2v) is 7.14. The van der Waals surface area contributed by atoms with Gasteiger partial charge in [-0.2, -0.15) is 0 Å². The number of nitrogens with zero attached hydrogens (tertiary/aromatic N) is 1. The van der Waals surface area contributed by atoms with Gasteiger partial charge in [-0.3, -0.25) is 9.78 Å². The number of benzene rings is 1. The Morgan fingerprint density at radius 2 is 1.88 bits per heavy atom. The van der Waals surface area contributed by atoms with E-state index in [9.17, 15) is 9.90 Å². The van der Waals surface area contributed by atoms with Crippen molar-refractivity contribution >= 4 is 22.8 Å². The topological polar surface area (TPSA) is 50.2 Å². The van der Waals surface area contributed by atoms with Crippen LogP contribution >= 0.6 is 0 Å². The minimum Gasteiger partial charge on any atom is -0.389 e. The third-order valence-electron chi connectivity index (χ3n) is 3.77. The summed E-state index contributed by atoms with van der Waals surface area (Å²) in [5, 5.41) is 10.6. The van der Waals surface area contributed by atoms with Crippen LogP contribution in [0.4, 0.5) is 0 Å². The van der Waals surface area contributed by atoms with E-state index in [1.165, 1.54) is 12.2 Å². The number of carbonyl (C=O) groups is 1. The van der Waals surface area contributed by atoms with E-state index in [-0.39, 0.29) is 11.2 Å². The van der Waals surface area contributed by atoms with E-state index in [2.05, 4.69) is 4.98 Å². The summed E-state index contributed by atoms with van der Waals surface area (Å²) in [6.07, 6.45) is 9.58. The standard InChI is InChI=1S/C22H25NO2/c1-16(24)13-19(22(2,3)4)10-12-20(25)11-9-17-14-18-7-5-6-8-21(18)23-15-17/h5-16,24H,1-4H3. The van der Waals surface area contributed by atoms with Crippen molar-refractivity contribution in [2.24, 2.45) is 5.41 Å². The van der Waals surface area contributed by atoms with Gasteiger partial charge in [0, 0.05) is 11.6 Å². The van der Waals surface area contributed by atoms with E-state index in [0.29, 0.717) is 0 Å². The van der Waals surface area contributed by atoms with E-state index < -0.39 is 6.10 Å². The highest BCUT2D eigenvalue weighted by Crippen LogP contribution is 2.26. The van der Waals surface area contributed by atoms with Crippen LogP contribution in [-0.2, 0) is 4.79 Å². The maximum Gasteiger partial charge on any atom is 0.178 e. The molecule has 130 valence electrons. The third-order valence-corrected chi connectivity index (χ3v) is 3.77. The maximum atomic E-state index is 12.1. The summed E-state index contributed by atoms with van der Waals surface area (Å²) in [6, 6.07) is 9.88. The van der Waals surface area contributed by atoms with E-state index in [1.54, 1.807) is 31.3 Å². The molecule has 3 nitrogen and oxygen atoms in total. The molecule has 0 aliphatic rings. The van der Waals surface area contributed by atoms with Crippen molar-refractivity contribution in [1.29, 1.82) is 0 Å². The number of carbonyl (C=O) groups excluding carboxylic acids is 1. The summed E-state index contributed by atoms with van der Waals surface area (Å²) in [5.41, 5.74) is 2.61. The van der Waals surface area contributed by atoms with Gasteiger partial charge in [0.25, 0.3) is 0 Å². The second-order valence-electron chi connectivity index (χ2n) is 7.14. The Bertz CT molecular complexity index is 836. The fourth-order valence-corrected chi connectivity index (χ4v) is 2.40. The van der Waals surface area contributed by atoms with Crippen molar-refractivity contribution < 1.29 is 9.90 Å². The first kappa shape index (κ1) is 18.8. The van der Waals surface area contributed by atoms with Crippen LogP contribution in [0.5, 0.6) is 0 Å². The van der Waals surface area contributed by atoms with Crippen LogP contribution in [0.15, 0.2) is 66.4 Å². The number of aliphatic hydroxyl groups excluding tert-OH is 1. The predicted molar refractivity (Wildman–Crippen MR) is 104 cm³/mol. The maximum absolute atomic E-state index is 12.1. The Labute approximate surface area is 149 Å². The first-order chi connectivity index (χ1) is 11.8. The molecular weight excluding hydrogens is 310 g/mol. The van der Waals surface area contributed by atoms with E-state index in [0.717, 1.165) is 22.0 Å². The summed E-state index contributed by atoms with van der Waals surface area (Å²) < 4.78 is 0. The zero-order chi connectivity index (χ0) is 18.4. The average molecular weight is 335 g/mol. The molecule has 0 aliphatic carbocycles. The fourth-order valence-electron chi connectivity index (χ4n) is 2.40. The number of fused-ring (bicyclic) bond motifs is 1. The quantitative estimate of drug-likeness (QED) is 0.635. The molecule has 0 bridgehead atoms. The van der Waals surface area contributed by atoms with E-state index in [4.69, 9.17) is 0 Å². The zero-order valence-electron chi connectivity index (χ0n) is 15.2. The first-order valence-electron chi connectivity index (χ1n) is 8.41. The Balaban J connectivity index is 2.13. The lowest BCUT2D eigenvalue weighted by Crippen LogP contribution is -2.10. The van der Waals surface area contributed by atoms with Gasteiger partial charge in [0.05, 0.1) is 11.6 Å². The van der Waals surface area contributed by atoms with Crippen molar-refractivity contribution in [1.82, 2.24) is 4.98 Å². The number of aliphatic hydroxyl groups is 1. The highest BCUT2D eigenvalue weighted by molar-refractivity contribution is 6.02. The zero-order valence-corrected chi connectivity index (χ0v) is 15.2. The molecule has 2 rings (SSSR count). The molecule has 0 radical (unpaired) electrons. The molecule has 0 spiro atoms. The Kier molecular flexibility index (Phi) is 6.05. The summed E-state index contributed by atoms with van der Waals surface area (Å²) >= 11 is 0. The molecule has 1 N–H and O–H groups in total. The minimum absolute atomic E-state index is 0.103. The predicted octanol–water partition coefficient (Wildman–Crippen LogP) is 4.73. The highest BCUT2D eigenvalue weighted by atomic mass is 16.3.